The molecule has 0 spiro atoms. The number of benzene rings is 1. The molecule has 0 aromatic heterocycles. The van der Waals surface area contributed by atoms with Crippen LogP contribution in [0.4, 0.5) is 4.39 Å². The monoisotopic (exact) mass is 277 g/mol. The fraction of sp³-hybridized carbons (Fsp3) is 0.500. The molecule has 0 aliphatic carbocycles. The summed E-state index contributed by atoms with van der Waals surface area (Å²) in [5, 5.41) is 0.357. The molecule has 0 heterocycles. The van der Waals surface area contributed by atoms with Crippen molar-refractivity contribution in [2.24, 2.45) is 0 Å². The first-order chi connectivity index (χ1) is 7.71. The Balaban J connectivity index is 2.80. The second-order valence-electron chi connectivity index (χ2n) is 4.89. The predicted molar refractivity (Wildman–Crippen MR) is 70.9 cm³/mol. The summed E-state index contributed by atoms with van der Waals surface area (Å²) >= 11 is 4.45. The molecular weight excluding hydrogens is 261 g/mol. The van der Waals surface area contributed by atoms with E-state index in [-0.39, 0.29) is 16.6 Å². The van der Waals surface area contributed by atoms with Crippen LogP contribution in [0.3, 0.4) is 0 Å². The van der Waals surface area contributed by atoms with Crippen molar-refractivity contribution < 1.29 is 8.94 Å². The first-order valence-corrected chi connectivity index (χ1v) is 6.87. The number of rotatable bonds is 3. The Morgan fingerprint density at radius 3 is 2.47 bits per heavy atom. The molecule has 17 heavy (non-hydrogen) atoms. The van der Waals surface area contributed by atoms with Crippen molar-refractivity contribution in [3.8, 4) is 0 Å². The lowest BCUT2D eigenvalue weighted by molar-refractivity contribution is 0.522. The van der Waals surface area contributed by atoms with Gasteiger partial charge < -0.3 is 4.55 Å². The average molecular weight is 278 g/mol. The fourth-order valence-electron chi connectivity index (χ4n) is 1.25. The maximum absolute atomic E-state index is 13.6. The van der Waals surface area contributed by atoms with E-state index in [1.165, 1.54) is 6.07 Å². The van der Waals surface area contributed by atoms with E-state index >= 15 is 0 Å². The molecule has 1 aromatic carbocycles. The molecule has 0 saturated heterocycles. The Kier molecular flexibility index (Phi) is 4.84. The maximum atomic E-state index is 13.6. The predicted octanol–water partition coefficient (Wildman–Crippen LogP) is 3.59. The smallest absolute Gasteiger partial charge is 0.136 e. The second kappa shape index (κ2) is 5.57. The zero-order valence-electron chi connectivity index (χ0n) is 10.4. The first-order valence-electron chi connectivity index (χ1n) is 5.35. The zero-order chi connectivity index (χ0) is 13.2. The molecule has 0 fully saturated rings. The van der Waals surface area contributed by atoms with Gasteiger partial charge in [0.05, 0.1) is 6.04 Å². The third kappa shape index (κ3) is 4.14. The fourth-order valence-corrected chi connectivity index (χ4v) is 2.21. The summed E-state index contributed by atoms with van der Waals surface area (Å²) in [5.74, 6) is -0.386. The topological polar surface area (TPSA) is 35.1 Å². The summed E-state index contributed by atoms with van der Waals surface area (Å²) in [4.78, 5) is 0. The van der Waals surface area contributed by atoms with Crippen LogP contribution in [0.25, 0.3) is 0 Å². The highest BCUT2D eigenvalue weighted by molar-refractivity contribution is 7.90. The Bertz CT molecular complexity index is 395. The van der Waals surface area contributed by atoms with Gasteiger partial charge in [-0.15, -0.1) is 4.72 Å². The van der Waals surface area contributed by atoms with Crippen molar-refractivity contribution in [3.63, 3.8) is 0 Å². The van der Waals surface area contributed by atoms with Gasteiger partial charge in [-0.05, 0) is 39.8 Å². The van der Waals surface area contributed by atoms with Crippen LogP contribution < -0.4 is 4.72 Å². The van der Waals surface area contributed by atoms with E-state index in [2.05, 4.69) is 4.72 Å². The van der Waals surface area contributed by atoms with Crippen molar-refractivity contribution >= 4 is 23.0 Å². The minimum atomic E-state index is -1.23. The molecule has 0 saturated carbocycles. The van der Waals surface area contributed by atoms with E-state index in [0.717, 1.165) is 0 Å². The molecule has 0 aliphatic heterocycles. The minimum Gasteiger partial charge on any atom is -0.598 e. The molecule has 2 atom stereocenters. The highest BCUT2D eigenvalue weighted by Crippen LogP contribution is 2.23. The van der Waals surface area contributed by atoms with Crippen LogP contribution in [-0.4, -0.2) is 9.30 Å². The van der Waals surface area contributed by atoms with E-state index < -0.39 is 11.4 Å². The van der Waals surface area contributed by atoms with Gasteiger partial charge in [-0.25, -0.2) is 4.39 Å². The largest absolute Gasteiger partial charge is 0.598 e. The van der Waals surface area contributed by atoms with Gasteiger partial charge in [-0.3, -0.25) is 0 Å². The summed E-state index contributed by atoms with van der Waals surface area (Å²) < 4.78 is 28.0. The number of halogens is 2. The lowest BCUT2D eigenvalue weighted by Crippen LogP contribution is -2.40. The second-order valence-corrected chi connectivity index (χ2v) is 7.32. The zero-order valence-corrected chi connectivity index (χ0v) is 12.0. The van der Waals surface area contributed by atoms with Crippen molar-refractivity contribution in [1.29, 1.82) is 0 Å². The summed E-state index contributed by atoms with van der Waals surface area (Å²) in [6, 6.07) is 4.16. The van der Waals surface area contributed by atoms with E-state index in [9.17, 15) is 8.94 Å². The van der Waals surface area contributed by atoms with Crippen molar-refractivity contribution in [2.75, 3.05) is 0 Å². The first kappa shape index (κ1) is 14.8. The molecule has 2 nitrogen and oxygen atoms in total. The molecule has 1 aromatic rings. The van der Waals surface area contributed by atoms with Crippen molar-refractivity contribution in [2.45, 2.75) is 38.5 Å². The van der Waals surface area contributed by atoms with Crippen LogP contribution in [0.15, 0.2) is 18.2 Å². The van der Waals surface area contributed by atoms with Crippen LogP contribution in [0.1, 0.15) is 39.3 Å². The molecule has 0 amide bonds. The summed E-state index contributed by atoms with van der Waals surface area (Å²) in [5.41, 5.74) is 0.465. The van der Waals surface area contributed by atoms with E-state index in [0.29, 0.717) is 10.6 Å². The Labute approximate surface area is 110 Å². The van der Waals surface area contributed by atoms with Crippen LogP contribution in [-0.2, 0) is 11.4 Å². The summed E-state index contributed by atoms with van der Waals surface area (Å²) in [6.07, 6.45) is 0. The van der Waals surface area contributed by atoms with Crippen LogP contribution in [0.2, 0.25) is 5.02 Å². The highest BCUT2D eigenvalue weighted by atomic mass is 35.5. The molecule has 96 valence electrons. The van der Waals surface area contributed by atoms with Crippen molar-refractivity contribution in [1.82, 2.24) is 4.72 Å². The molecule has 1 rings (SSSR count). The Morgan fingerprint density at radius 2 is 2.00 bits per heavy atom. The highest BCUT2D eigenvalue weighted by Gasteiger charge is 2.28. The third-order valence-electron chi connectivity index (χ3n) is 2.27. The van der Waals surface area contributed by atoms with Crippen molar-refractivity contribution in [3.05, 3.63) is 34.6 Å². The van der Waals surface area contributed by atoms with Gasteiger partial charge in [0, 0.05) is 21.9 Å². The molecule has 0 aliphatic rings. The van der Waals surface area contributed by atoms with Gasteiger partial charge >= 0.3 is 0 Å². The lowest BCUT2D eigenvalue weighted by atomic mass is 10.1. The summed E-state index contributed by atoms with van der Waals surface area (Å²) in [6.45, 7) is 7.36. The van der Waals surface area contributed by atoms with Crippen LogP contribution in [0, 0.1) is 5.82 Å². The van der Waals surface area contributed by atoms with E-state index in [1.54, 1.807) is 19.1 Å². The molecule has 5 heteroatoms. The molecule has 0 bridgehead atoms. The molecule has 0 radical (unpaired) electrons. The standard InChI is InChI=1S/C12H17ClFNOS/c1-8(15-17(16)12(2,3)4)10-6-5-9(13)7-11(10)14/h5-8,15H,1-4H3/t8-,17+/m0/s1. The minimum absolute atomic E-state index is 0.327. The van der Waals surface area contributed by atoms with E-state index in [4.69, 9.17) is 11.6 Å². The number of nitrogens with one attached hydrogen (secondary N) is 1. The number of hydrogen-bond acceptors (Lipinski definition) is 2. The van der Waals surface area contributed by atoms with Gasteiger partial charge in [0.1, 0.15) is 10.6 Å². The van der Waals surface area contributed by atoms with Gasteiger partial charge in [0.2, 0.25) is 0 Å². The molecule has 1 N–H and O–H groups in total. The van der Waals surface area contributed by atoms with Crippen LogP contribution >= 0.6 is 11.6 Å². The molecular formula is C12H17ClFNOS. The lowest BCUT2D eigenvalue weighted by Gasteiger charge is -2.26. The SMILES string of the molecule is C[C@H](N[S@+]([O-])C(C)(C)C)c1ccc(Cl)cc1F. The Hall–Kier alpha value is -0.290. The van der Waals surface area contributed by atoms with Crippen LogP contribution in [0.5, 0.6) is 0 Å². The normalized spacial score (nSPS) is 15.7. The maximum Gasteiger partial charge on any atom is 0.136 e. The Morgan fingerprint density at radius 1 is 1.41 bits per heavy atom. The molecule has 0 unspecified atom stereocenters. The van der Waals surface area contributed by atoms with Gasteiger partial charge in [0.25, 0.3) is 0 Å². The number of hydrogen-bond donors (Lipinski definition) is 1. The van der Waals surface area contributed by atoms with Gasteiger partial charge in [-0.1, -0.05) is 17.7 Å². The third-order valence-corrected chi connectivity index (χ3v) is 4.18. The van der Waals surface area contributed by atoms with Gasteiger partial charge in [-0.2, -0.15) is 0 Å². The van der Waals surface area contributed by atoms with E-state index in [1.807, 2.05) is 20.8 Å². The quantitative estimate of drug-likeness (QED) is 0.857. The van der Waals surface area contributed by atoms with Gasteiger partial charge in [0.15, 0.2) is 0 Å². The average Bonchev–Trinajstić information content (AvgIpc) is 2.15. The summed E-state index contributed by atoms with van der Waals surface area (Å²) in [7, 11) is 0.